The number of hydrogen-bond donors (Lipinski definition) is 0. The Morgan fingerprint density at radius 2 is 1.81 bits per heavy atom. The molecule has 0 heterocycles. The van der Waals surface area contributed by atoms with Crippen molar-refractivity contribution in [3.8, 4) is 0 Å². The lowest BCUT2D eigenvalue weighted by molar-refractivity contribution is -0.117. The minimum Gasteiger partial charge on any atom is -0.300 e. The average Bonchev–Trinajstić information content (AvgIpc) is 2.60. The summed E-state index contributed by atoms with van der Waals surface area (Å²) in [5.41, 5.74) is 2.78. The molecule has 1 heteroatoms. The molecule has 0 bridgehead atoms. The van der Waals surface area contributed by atoms with E-state index in [1.165, 1.54) is 11.1 Å². The Kier molecular flexibility index (Phi) is 2.88. The SMILES string of the molecule is CC(C)c1ccc(C2(C)CCC(=O)C2)cc1. The van der Waals surface area contributed by atoms with Crippen LogP contribution in [0.1, 0.15) is 57.1 Å². The molecule has 1 aliphatic rings. The molecular weight excluding hydrogens is 196 g/mol. The van der Waals surface area contributed by atoms with Crippen molar-refractivity contribution in [1.29, 1.82) is 0 Å². The van der Waals surface area contributed by atoms with E-state index in [0.717, 1.165) is 12.8 Å². The molecule has 16 heavy (non-hydrogen) atoms. The van der Waals surface area contributed by atoms with Crippen molar-refractivity contribution in [2.75, 3.05) is 0 Å². The van der Waals surface area contributed by atoms with Crippen LogP contribution >= 0.6 is 0 Å². The monoisotopic (exact) mass is 216 g/mol. The molecule has 0 aliphatic heterocycles. The highest BCUT2D eigenvalue weighted by atomic mass is 16.1. The average molecular weight is 216 g/mol. The molecule has 1 nitrogen and oxygen atoms in total. The van der Waals surface area contributed by atoms with E-state index < -0.39 is 0 Å². The molecule has 0 aromatic heterocycles. The minimum atomic E-state index is 0.0899. The first-order valence-corrected chi connectivity index (χ1v) is 6.13. The summed E-state index contributed by atoms with van der Waals surface area (Å²) >= 11 is 0. The Balaban J connectivity index is 2.25. The van der Waals surface area contributed by atoms with Gasteiger partial charge in [0.05, 0.1) is 0 Å². The van der Waals surface area contributed by atoms with Gasteiger partial charge in [0.15, 0.2) is 0 Å². The summed E-state index contributed by atoms with van der Waals surface area (Å²) in [6.07, 6.45) is 2.48. The normalized spacial score (nSPS) is 25.4. The predicted molar refractivity (Wildman–Crippen MR) is 66.7 cm³/mol. The lowest BCUT2D eigenvalue weighted by atomic mass is 9.80. The Morgan fingerprint density at radius 1 is 1.19 bits per heavy atom. The molecule has 1 unspecified atom stereocenters. The van der Waals surface area contributed by atoms with Crippen molar-refractivity contribution in [2.45, 2.75) is 51.4 Å². The van der Waals surface area contributed by atoms with Gasteiger partial charge in [0.25, 0.3) is 0 Å². The highest BCUT2D eigenvalue weighted by molar-refractivity contribution is 5.82. The highest BCUT2D eigenvalue weighted by Gasteiger charge is 2.35. The minimum absolute atomic E-state index is 0.0899. The standard InChI is InChI=1S/C15H20O/c1-11(2)12-4-6-13(7-5-12)15(3)9-8-14(16)10-15/h4-7,11H,8-10H2,1-3H3. The Morgan fingerprint density at radius 3 is 2.25 bits per heavy atom. The van der Waals surface area contributed by atoms with E-state index in [1.54, 1.807) is 0 Å². The van der Waals surface area contributed by atoms with Gasteiger partial charge in [-0.3, -0.25) is 4.79 Å². The highest BCUT2D eigenvalue weighted by Crippen LogP contribution is 2.39. The van der Waals surface area contributed by atoms with Crippen LogP contribution in [-0.2, 0) is 10.2 Å². The quantitative estimate of drug-likeness (QED) is 0.734. The van der Waals surface area contributed by atoms with Crippen molar-refractivity contribution in [1.82, 2.24) is 0 Å². The van der Waals surface area contributed by atoms with Gasteiger partial charge in [0.1, 0.15) is 5.78 Å². The molecule has 1 fully saturated rings. The molecule has 1 atom stereocenters. The van der Waals surface area contributed by atoms with Gasteiger partial charge >= 0.3 is 0 Å². The number of benzene rings is 1. The second-order valence-electron chi connectivity index (χ2n) is 5.55. The van der Waals surface area contributed by atoms with Gasteiger partial charge in [-0.2, -0.15) is 0 Å². The lowest BCUT2D eigenvalue weighted by Crippen LogP contribution is -2.17. The summed E-state index contributed by atoms with van der Waals surface area (Å²) in [6, 6.07) is 8.81. The van der Waals surface area contributed by atoms with E-state index in [9.17, 15) is 4.79 Å². The Bertz CT molecular complexity index is 388. The molecule has 1 aliphatic carbocycles. The van der Waals surface area contributed by atoms with E-state index in [-0.39, 0.29) is 5.41 Å². The van der Waals surface area contributed by atoms with Crippen molar-refractivity contribution >= 4 is 5.78 Å². The van der Waals surface area contributed by atoms with Crippen LogP contribution in [0.15, 0.2) is 24.3 Å². The first-order valence-electron chi connectivity index (χ1n) is 6.13. The van der Waals surface area contributed by atoms with Gasteiger partial charge in [0, 0.05) is 12.8 Å². The van der Waals surface area contributed by atoms with Gasteiger partial charge in [0.2, 0.25) is 0 Å². The van der Waals surface area contributed by atoms with Crippen LogP contribution in [0, 0.1) is 0 Å². The summed E-state index contributed by atoms with van der Waals surface area (Å²) in [4.78, 5) is 11.4. The predicted octanol–water partition coefficient (Wildman–Crippen LogP) is 3.82. The Labute approximate surface area is 97.9 Å². The van der Waals surface area contributed by atoms with Crippen molar-refractivity contribution < 1.29 is 4.79 Å². The number of hydrogen-bond acceptors (Lipinski definition) is 1. The first-order chi connectivity index (χ1) is 7.51. The molecule has 0 N–H and O–H groups in total. The van der Waals surface area contributed by atoms with Gasteiger partial charge in [-0.1, -0.05) is 45.0 Å². The summed E-state index contributed by atoms with van der Waals surface area (Å²) < 4.78 is 0. The fraction of sp³-hybridized carbons (Fsp3) is 0.533. The van der Waals surface area contributed by atoms with Crippen LogP contribution < -0.4 is 0 Å². The smallest absolute Gasteiger partial charge is 0.133 e. The maximum Gasteiger partial charge on any atom is 0.133 e. The molecule has 0 spiro atoms. The van der Waals surface area contributed by atoms with Crippen molar-refractivity contribution in [3.63, 3.8) is 0 Å². The maximum absolute atomic E-state index is 11.4. The maximum atomic E-state index is 11.4. The van der Waals surface area contributed by atoms with Crippen molar-refractivity contribution in [2.24, 2.45) is 0 Å². The van der Waals surface area contributed by atoms with Crippen LogP contribution in [0.5, 0.6) is 0 Å². The first kappa shape index (κ1) is 11.4. The summed E-state index contributed by atoms with van der Waals surface area (Å²) in [6.45, 7) is 6.62. The van der Waals surface area contributed by atoms with Crippen LogP contribution in [0.25, 0.3) is 0 Å². The van der Waals surface area contributed by atoms with Gasteiger partial charge < -0.3 is 0 Å². The zero-order chi connectivity index (χ0) is 11.8. The summed E-state index contributed by atoms with van der Waals surface area (Å²) in [5.74, 6) is 0.988. The number of carbonyl (C=O) groups is 1. The van der Waals surface area contributed by atoms with Crippen LogP contribution in [0.2, 0.25) is 0 Å². The topological polar surface area (TPSA) is 17.1 Å². The van der Waals surface area contributed by atoms with E-state index >= 15 is 0 Å². The molecule has 2 rings (SSSR count). The second kappa shape index (κ2) is 4.04. The third-order valence-electron chi connectivity index (χ3n) is 3.82. The fourth-order valence-corrected chi connectivity index (χ4v) is 2.54. The number of carbonyl (C=O) groups excluding carboxylic acids is 1. The molecule has 86 valence electrons. The number of ketones is 1. The molecule has 0 saturated heterocycles. The number of Topliss-reactive ketones (excluding diaryl/α,β-unsaturated/α-hetero) is 1. The van der Waals surface area contributed by atoms with Gasteiger partial charge in [-0.05, 0) is 28.9 Å². The van der Waals surface area contributed by atoms with E-state index in [0.29, 0.717) is 18.1 Å². The molecular formula is C15H20O. The van der Waals surface area contributed by atoms with Crippen LogP contribution in [-0.4, -0.2) is 5.78 Å². The summed E-state index contributed by atoms with van der Waals surface area (Å²) in [5, 5.41) is 0. The molecule has 1 aromatic carbocycles. The molecule has 1 aromatic rings. The molecule has 0 radical (unpaired) electrons. The van der Waals surface area contributed by atoms with Crippen LogP contribution in [0.4, 0.5) is 0 Å². The zero-order valence-electron chi connectivity index (χ0n) is 10.4. The summed E-state index contributed by atoms with van der Waals surface area (Å²) in [7, 11) is 0. The Hall–Kier alpha value is -1.11. The zero-order valence-corrected chi connectivity index (χ0v) is 10.4. The third-order valence-corrected chi connectivity index (χ3v) is 3.82. The third kappa shape index (κ3) is 2.04. The van der Waals surface area contributed by atoms with Crippen LogP contribution in [0.3, 0.4) is 0 Å². The van der Waals surface area contributed by atoms with E-state index in [2.05, 4.69) is 45.0 Å². The second-order valence-corrected chi connectivity index (χ2v) is 5.55. The largest absolute Gasteiger partial charge is 0.300 e. The molecule has 1 saturated carbocycles. The number of rotatable bonds is 2. The van der Waals surface area contributed by atoms with Gasteiger partial charge in [-0.15, -0.1) is 0 Å². The van der Waals surface area contributed by atoms with Crippen molar-refractivity contribution in [3.05, 3.63) is 35.4 Å². The van der Waals surface area contributed by atoms with E-state index in [4.69, 9.17) is 0 Å². The lowest BCUT2D eigenvalue weighted by Gasteiger charge is -2.23. The van der Waals surface area contributed by atoms with E-state index in [1.807, 2.05) is 0 Å². The molecule has 0 amide bonds. The fourth-order valence-electron chi connectivity index (χ4n) is 2.54. The van der Waals surface area contributed by atoms with Gasteiger partial charge in [-0.25, -0.2) is 0 Å².